The summed E-state index contributed by atoms with van der Waals surface area (Å²) in [4.78, 5) is 0. The Morgan fingerprint density at radius 1 is 0.618 bits per heavy atom. The summed E-state index contributed by atoms with van der Waals surface area (Å²) in [6.07, 6.45) is 0. The van der Waals surface area contributed by atoms with Gasteiger partial charge in [0.05, 0.1) is 0 Å². The van der Waals surface area contributed by atoms with Crippen LogP contribution in [0.15, 0.2) is 115 Å². The van der Waals surface area contributed by atoms with E-state index >= 15 is 0 Å². The standard InChI is InChI=1S/C16H13.C13H9.C2H4.2ClH.Zr/c1-12-10-14-8-5-9-15(16(14)11-12)13-6-3-2-4-7-13;1-3-7-12-10(5-1)9-11-6-2-4-8-13(11)12;1-2;;;/h2-11H,1H3;1-9H;1H,2H3;2*1H;/q2*-1;;;;+2/p-2. The van der Waals surface area contributed by atoms with Crippen molar-refractivity contribution in [2.24, 2.45) is 0 Å². The molecule has 0 aliphatic carbocycles. The molecule has 0 aliphatic heterocycles. The molecule has 0 spiro atoms. The average Bonchev–Trinajstić information content (AvgIpc) is 3.44. The molecule has 170 valence electrons. The Morgan fingerprint density at radius 2 is 1.12 bits per heavy atom. The van der Waals surface area contributed by atoms with E-state index in [1.165, 1.54) is 49.0 Å². The van der Waals surface area contributed by atoms with Crippen LogP contribution < -0.4 is 0 Å². The van der Waals surface area contributed by atoms with Gasteiger partial charge in [-0.1, -0.05) is 85.3 Å². The molecule has 34 heavy (non-hydrogen) atoms. The Balaban J connectivity index is 0.000000137. The van der Waals surface area contributed by atoms with Crippen LogP contribution in [0.5, 0.6) is 0 Å². The van der Waals surface area contributed by atoms with Crippen LogP contribution in [0.1, 0.15) is 12.5 Å². The molecule has 0 amide bonds. The van der Waals surface area contributed by atoms with Crippen molar-refractivity contribution in [2.45, 2.75) is 13.8 Å². The normalized spacial score (nSPS) is 10.4. The van der Waals surface area contributed by atoms with E-state index in [0.717, 1.165) is 0 Å². The fourth-order valence-electron chi connectivity index (χ4n) is 4.16. The van der Waals surface area contributed by atoms with Crippen molar-refractivity contribution in [1.82, 2.24) is 0 Å². The third-order valence-electron chi connectivity index (χ3n) is 5.72. The van der Waals surface area contributed by atoms with Crippen LogP contribution in [0, 0.1) is 6.92 Å². The number of rotatable bonds is 1. The van der Waals surface area contributed by atoms with Gasteiger partial charge in [-0.3, -0.25) is 0 Å². The first kappa shape index (κ1) is 24.8. The smallest absolute Gasteiger partial charge is 0.0279 e. The van der Waals surface area contributed by atoms with Gasteiger partial charge < -0.3 is 0 Å². The van der Waals surface area contributed by atoms with E-state index in [4.69, 9.17) is 17.0 Å². The molecule has 0 saturated carbocycles. The Morgan fingerprint density at radius 3 is 1.71 bits per heavy atom. The molecule has 0 unspecified atom stereocenters. The SMILES string of the molecule is C[CH]=[Zr]([Cl])[Cl].Cc1cc2c(-c3ccccc3)cccc2[cH-]1.c1ccc2c(c1)[cH-]c1ccccc12. The van der Waals surface area contributed by atoms with Gasteiger partial charge in [-0.25, -0.2) is 0 Å². The maximum atomic E-state index is 5.37. The van der Waals surface area contributed by atoms with E-state index in [9.17, 15) is 0 Å². The second kappa shape index (κ2) is 11.9. The quantitative estimate of drug-likeness (QED) is 0.176. The summed E-state index contributed by atoms with van der Waals surface area (Å²) in [5.74, 6) is 0. The fraction of sp³-hybridized carbons (Fsp3) is 0.0645. The first-order valence-electron chi connectivity index (χ1n) is 11.3. The third-order valence-corrected chi connectivity index (χ3v) is 9.38. The van der Waals surface area contributed by atoms with Gasteiger partial charge in [0.15, 0.2) is 0 Å². The molecule has 6 aromatic rings. The Kier molecular flexibility index (Phi) is 8.68. The van der Waals surface area contributed by atoms with E-state index in [0.29, 0.717) is 0 Å². The Bertz CT molecular complexity index is 1480. The van der Waals surface area contributed by atoms with Crippen LogP contribution in [0.3, 0.4) is 0 Å². The number of fused-ring (bicyclic) bond motifs is 4. The minimum atomic E-state index is -1.76. The molecule has 0 aromatic heterocycles. The molecule has 0 fully saturated rings. The van der Waals surface area contributed by atoms with E-state index in [1.807, 2.05) is 10.6 Å². The van der Waals surface area contributed by atoms with Crippen LogP contribution in [-0.2, 0) is 18.9 Å². The number of hydrogen-bond donors (Lipinski definition) is 0. The van der Waals surface area contributed by atoms with Crippen LogP contribution in [-0.4, -0.2) is 3.71 Å². The van der Waals surface area contributed by atoms with E-state index in [2.05, 4.69) is 122 Å². The zero-order chi connectivity index (χ0) is 23.9. The summed E-state index contributed by atoms with van der Waals surface area (Å²) in [6.45, 7) is 4.05. The van der Waals surface area contributed by atoms with Crippen LogP contribution >= 0.6 is 17.0 Å². The molecule has 3 heteroatoms. The predicted molar refractivity (Wildman–Crippen MR) is 150 cm³/mol. The summed E-state index contributed by atoms with van der Waals surface area (Å²) < 4.78 is 1.89. The van der Waals surface area contributed by atoms with E-state index in [-0.39, 0.29) is 0 Å². The summed E-state index contributed by atoms with van der Waals surface area (Å²) in [7, 11) is 10.7. The van der Waals surface area contributed by atoms with Crippen LogP contribution in [0.4, 0.5) is 0 Å². The molecule has 0 bridgehead atoms. The van der Waals surface area contributed by atoms with Crippen LogP contribution in [0.2, 0.25) is 0 Å². The number of aryl methyl sites for hydroxylation is 1. The molecule has 0 heterocycles. The summed E-state index contributed by atoms with van der Waals surface area (Å²) in [5, 5.41) is 8.08. The second-order valence-electron chi connectivity index (χ2n) is 8.10. The Hall–Kier alpha value is -2.31. The average molecular weight is 561 g/mol. The number of benzene rings is 4. The minimum absolute atomic E-state index is 1.29. The van der Waals surface area contributed by atoms with Gasteiger partial charge in [-0.05, 0) is 5.56 Å². The molecule has 0 atom stereocenters. The van der Waals surface area contributed by atoms with Gasteiger partial charge in [0.1, 0.15) is 0 Å². The first-order valence-corrected chi connectivity index (χ1v) is 19.0. The van der Waals surface area contributed by atoms with Crippen LogP contribution in [0.25, 0.3) is 43.4 Å². The van der Waals surface area contributed by atoms with E-state index < -0.39 is 18.9 Å². The van der Waals surface area contributed by atoms with Crippen molar-refractivity contribution in [3.63, 3.8) is 0 Å². The van der Waals surface area contributed by atoms with Crippen molar-refractivity contribution in [3.8, 4) is 11.1 Å². The summed E-state index contributed by atoms with van der Waals surface area (Å²) in [5.41, 5.74) is 3.95. The van der Waals surface area contributed by atoms with Gasteiger partial charge in [-0.15, -0.1) is 74.3 Å². The monoisotopic (exact) mass is 558 g/mol. The van der Waals surface area contributed by atoms with Gasteiger partial charge in [0.2, 0.25) is 0 Å². The number of hydrogen-bond acceptors (Lipinski definition) is 0. The molecule has 0 aliphatic rings. The van der Waals surface area contributed by atoms with Crippen molar-refractivity contribution < 1.29 is 18.9 Å². The van der Waals surface area contributed by atoms with Crippen molar-refractivity contribution >= 4 is 53.1 Å². The molecule has 0 radical (unpaired) electrons. The molecular weight excluding hydrogens is 534 g/mol. The second-order valence-corrected chi connectivity index (χ2v) is 16.9. The molecule has 0 nitrogen and oxygen atoms in total. The maximum Gasteiger partial charge on any atom is -0.0279 e. The topological polar surface area (TPSA) is 0 Å². The molecular formula is C31H26Cl2Zr-2. The zero-order valence-electron chi connectivity index (χ0n) is 19.3. The number of halogens is 2. The van der Waals surface area contributed by atoms with Crippen molar-refractivity contribution in [1.29, 1.82) is 0 Å². The summed E-state index contributed by atoms with van der Waals surface area (Å²) in [6, 6.07) is 40.8. The third kappa shape index (κ3) is 6.03. The van der Waals surface area contributed by atoms with E-state index in [1.54, 1.807) is 0 Å². The van der Waals surface area contributed by atoms with Gasteiger partial charge in [-0.2, -0.15) is 6.07 Å². The first-order chi connectivity index (χ1) is 16.6. The Labute approximate surface area is 216 Å². The zero-order valence-corrected chi connectivity index (χ0v) is 23.3. The maximum absolute atomic E-state index is 5.37. The van der Waals surface area contributed by atoms with Crippen molar-refractivity contribution in [3.05, 3.63) is 121 Å². The van der Waals surface area contributed by atoms with Crippen molar-refractivity contribution in [2.75, 3.05) is 0 Å². The fourth-order valence-corrected chi connectivity index (χ4v) is 4.16. The molecule has 6 aromatic carbocycles. The molecule has 0 N–H and O–H groups in total. The molecule has 6 rings (SSSR count). The predicted octanol–water partition coefficient (Wildman–Crippen LogP) is 9.98. The van der Waals surface area contributed by atoms with Gasteiger partial charge in [0, 0.05) is 0 Å². The summed E-state index contributed by atoms with van der Waals surface area (Å²) >= 11 is -1.76. The van der Waals surface area contributed by atoms with Gasteiger partial charge in [0.25, 0.3) is 0 Å². The molecule has 0 saturated heterocycles. The largest absolute Gasteiger partial charge is 0.165 e. The van der Waals surface area contributed by atoms with Gasteiger partial charge >= 0.3 is 46.5 Å². The minimum Gasteiger partial charge on any atom is -0.165 e.